The molecule has 0 fully saturated rings. The van der Waals surface area contributed by atoms with Crippen LogP contribution >= 0.6 is 0 Å². The van der Waals surface area contributed by atoms with Crippen LogP contribution < -0.4 is 10.1 Å². The van der Waals surface area contributed by atoms with E-state index in [0.717, 1.165) is 28.0 Å². The van der Waals surface area contributed by atoms with Gasteiger partial charge < -0.3 is 15.2 Å². The number of amides is 1. The van der Waals surface area contributed by atoms with Gasteiger partial charge in [0.2, 0.25) is 5.91 Å². The van der Waals surface area contributed by atoms with E-state index < -0.39 is 17.9 Å². The van der Waals surface area contributed by atoms with Gasteiger partial charge in [0, 0.05) is 12.0 Å². The third kappa shape index (κ3) is 5.06. The van der Waals surface area contributed by atoms with Crippen LogP contribution in [0.1, 0.15) is 24.0 Å². The molecule has 0 radical (unpaired) electrons. The molecule has 30 heavy (non-hydrogen) atoms. The number of para-hydroxylation sites is 1. The lowest BCUT2D eigenvalue weighted by Gasteiger charge is -2.18. The van der Waals surface area contributed by atoms with Gasteiger partial charge in [0.25, 0.3) is 0 Å². The molecule has 0 bridgehead atoms. The minimum Gasteiger partial charge on any atom is -0.496 e. The van der Waals surface area contributed by atoms with Gasteiger partial charge in [-0.2, -0.15) is 0 Å². The van der Waals surface area contributed by atoms with Crippen LogP contribution in [0.25, 0.3) is 11.1 Å². The van der Waals surface area contributed by atoms with Gasteiger partial charge in [0.1, 0.15) is 11.8 Å². The number of hydrogen-bond donors (Lipinski definition) is 2. The Morgan fingerprint density at radius 1 is 0.933 bits per heavy atom. The lowest BCUT2D eigenvalue weighted by Crippen LogP contribution is -2.44. The summed E-state index contributed by atoms with van der Waals surface area (Å²) in [6.07, 6.45) is 0.203. The minimum absolute atomic E-state index is 0.203. The first-order valence-electron chi connectivity index (χ1n) is 9.80. The number of hydrogen-bond acceptors (Lipinski definition) is 3. The summed E-state index contributed by atoms with van der Waals surface area (Å²) in [4.78, 5) is 24.3. The van der Waals surface area contributed by atoms with Crippen LogP contribution in [0.3, 0.4) is 0 Å². The minimum atomic E-state index is -1.06. The van der Waals surface area contributed by atoms with Crippen molar-refractivity contribution < 1.29 is 19.4 Å². The molecule has 3 rings (SSSR count). The monoisotopic (exact) mass is 403 g/mol. The van der Waals surface area contributed by atoms with E-state index in [-0.39, 0.29) is 12.3 Å². The summed E-state index contributed by atoms with van der Waals surface area (Å²) >= 11 is 0. The molecule has 154 valence electrons. The van der Waals surface area contributed by atoms with Gasteiger partial charge in [0.15, 0.2) is 0 Å². The third-order valence-electron chi connectivity index (χ3n) is 5.12. The zero-order valence-electron chi connectivity index (χ0n) is 17.0. The second-order valence-corrected chi connectivity index (χ2v) is 7.13. The molecule has 2 atom stereocenters. The van der Waals surface area contributed by atoms with E-state index in [1.807, 2.05) is 78.9 Å². The van der Waals surface area contributed by atoms with Gasteiger partial charge in [-0.1, -0.05) is 72.8 Å². The van der Waals surface area contributed by atoms with Crippen LogP contribution in [0.15, 0.2) is 78.9 Å². The van der Waals surface area contributed by atoms with Gasteiger partial charge >= 0.3 is 5.97 Å². The molecular formula is C25H25NO4. The summed E-state index contributed by atoms with van der Waals surface area (Å²) < 4.78 is 5.40. The van der Waals surface area contributed by atoms with E-state index in [9.17, 15) is 14.7 Å². The molecule has 2 N–H and O–H groups in total. The fraction of sp³-hybridized carbons (Fsp3) is 0.200. The number of methoxy groups -OCH3 is 1. The number of carboxylic acid groups (broad SMARTS) is 1. The summed E-state index contributed by atoms with van der Waals surface area (Å²) in [5.41, 5.74) is 3.62. The van der Waals surface area contributed by atoms with E-state index in [1.165, 1.54) is 0 Å². The molecule has 5 nitrogen and oxygen atoms in total. The van der Waals surface area contributed by atoms with Gasteiger partial charge in [-0.15, -0.1) is 0 Å². The molecule has 5 heteroatoms. The van der Waals surface area contributed by atoms with Crippen LogP contribution in [-0.2, 0) is 16.0 Å². The number of carboxylic acids is 1. The van der Waals surface area contributed by atoms with Crippen molar-refractivity contribution in [3.63, 3.8) is 0 Å². The fourth-order valence-corrected chi connectivity index (χ4v) is 3.33. The molecule has 0 aliphatic carbocycles. The van der Waals surface area contributed by atoms with E-state index in [4.69, 9.17) is 4.74 Å². The van der Waals surface area contributed by atoms with Gasteiger partial charge in [-0.3, -0.25) is 4.79 Å². The van der Waals surface area contributed by atoms with E-state index in [1.54, 1.807) is 14.0 Å². The highest BCUT2D eigenvalue weighted by molar-refractivity contribution is 5.88. The SMILES string of the molecule is COc1ccccc1-c1ccc(C[C@H](NC(=O)[C@@H](C)c2ccccc2)C(=O)O)cc1. The number of rotatable bonds is 8. The Kier molecular flexibility index (Phi) is 6.86. The second-order valence-electron chi connectivity index (χ2n) is 7.13. The molecule has 0 aliphatic rings. The predicted molar refractivity (Wildman–Crippen MR) is 117 cm³/mol. The Bertz CT molecular complexity index is 999. The highest BCUT2D eigenvalue weighted by atomic mass is 16.5. The number of carbonyl (C=O) groups is 2. The summed E-state index contributed by atoms with van der Waals surface area (Å²) in [6, 6.07) is 23.6. The molecular weight excluding hydrogens is 378 g/mol. The Balaban J connectivity index is 1.71. The number of nitrogens with one attached hydrogen (secondary N) is 1. The predicted octanol–water partition coefficient (Wildman–Crippen LogP) is 4.28. The van der Waals surface area contributed by atoms with Crippen LogP contribution in [0.4, 0.5) is 0 Å². The Morgan fingerprint density at radius 2 is 1.57 bits per heavy atom. The summed E-state index contributed by atoms with van der Waals surface area (Å²) in [5, 5.41) is 12.3. The summed E-state index contributed by atoms with van der Waals surface area (Å²) in [6.45, 7) is 1.77. The average Bonchev–Trinajstić information content (AvgIpc) is 2.79. The van der Waals surface area contributed by atoms with Crippen molar-refractivity contribution >= 4 is 11.9 Å². The maximum atomic E-state index is 12.6. The third-order valence-corrected chi connectivity index (χ3v) is 5.12. The fourth-order valence-electron chi connectivity index (χ4n) is 3.33. The van der Waals surface area contributed by atoms with Crippen molar-refractivity contribution in [2.24, 2.45) is 0 Å². The van der Waals surface area contributed by atoms with E-state index in [0.29, 0.717) is 0 Å². The van der Waals surface area contributed by atoms with Gasteiger partial charge in [-0.05, 0) is 29.7 Å². The second kappa shape index (κ2) is 9.74. The summed E-state index contributed by atoms with van der Waals surface area (Å²) in [5.74, 6) is -1.02. The zero-order valence-corrected chi connectivity index (χ0v) is 17.0. The van der Waals surface area contributed by atoms with Crippen molar-refractivity contribution in [3.05, 3.63) is 90.0 Å². The van der Waals surface area contributed by atoms with Crippen molar-refractivity contribution in [3.8, 4) is 16.9 Å². The number of carbonyl (C=O) groups excluding carboxylic acids is 1. The van der Waals surface area contributed by atoms with E-state index >= 15 is 0 Å². The standard InChI is InChI=1S/C25H25NO4/c1-17(19-8-4-3-5-9-19)24(27)26-22(25(28)29)16-18-12-14-20(15-13-18)21-10-6-7-11-23(21)30-2/h3-15,17,22H,16H2,1-2H3,(H,26,27)(H,28,29)/t17-,22-/m0/s1. The quantitative estimate of drug-likeness (QED) is 0.589. The molecule has 0 unspecified atom stereocenters. The molecule has 3 aromatic carbocycles. The van der Waals surface area contributed by atoms with Crippen molar-refractivity contribution in [1.82, 2.24) is 5.32 Å². The normalized spacial score (nSPS) is 12.6. The highest BCUT2D eigenvalue weighted by Crippen LogP contribution is 2.29. The number of benzene rings is 3. The topological polar surface area (TPSA) is 75.6 Å². The smallest absolute Gasteiger partial charge is 0.326 e. The van der Waals surface area contributed by atoms with E-state index in [2.05, 4.69) is 5.32 Å². The Hall–Kier alpha value is -3.60. The summed E-state index contributed by atoms with van der Waals surface area (Å²) in [7, 11) is 1.63. The van der Waals surface area contributed by atoms with Crippen LogP contribution in [0, 0.1) is 0 Å². The lowest BCUT2D eigenvalue weighted by molar-refractivity contribution is -0.141. The van der Waals surface area contributed by atoms with Crippen molar-refractivity contribution in [2.45, 2.75) is 25.3 Å². The van der Waals surface area contributed by atoms with Crippen LogP contribution in [0.2, 0.25) is 0 Å². The van der Waals surface area contributed by atoms with Crippen molar-refractivity contribution in [2.75, 3.05) is 7.11 Å². The first-order chi connectivity index (χ1) is 14.5. The first kappa shape index (κ1) is 21.1. The lowest BCUT2D eigenvalue weighted by atomic mass is 9.98. The van der Waals surface area contributed by atoms with Gasteiger partial charge in [0.05, 0.1) is 13.0 Å². The molecule has 0 aromatic heterocycles. The molecule has 0 heterocycles. The van der Waals surface area contributed by atoms with Crippen LogP contribution in [0.5, 0.6) is 5.75 Å². The maximum Gasteiger partial charge on any atom is 0.326 e. The molecule has 0 saturated heterocycles. The molecule has 3 aromatic rings. The van der Waals surface area contributed by atoms with Crippen LogP contribution in [-0.4, -0.2) is 30.1 Å². The highest BCUT2D eigenvalue weighted by Gasteiger charge is 2.24. The average molecular weight is 403 g/mol. The first-order valence-corrected chi connectivity index (χ1v) is 9.80. The van der Waals surface area contributed by atoms with Crippen molar-refractivity contribution in [1.29, 1.82) is 0 Å². The maximum absolute atomic E-state index is 12.6. The largest absolute Gasteiger partial charge is 0.496 e. The number of aliphatic carboxylic acids is 1. The zero-order chi connectivity index (χ0) is 21.5. The molecule has 0 saturated carbocycles. The molecule has 1 amide bonds. The number of ether oxygens (including phenoxy) is 1. The molecule has 0 spiro atoms. The van der Waals surface area contributed by atoms with Gasteiger partial charge in [-0.25, -0.2) is 4.79 Å². The Morgan fingerprint density at radius 3 is 2.20 bits per heavy atom. The Labute approximate surface area is 176 Å². The molecule has 0 aliphatic heterocycles.